The van der Waals surface area contributed by atoms with Gasteiger partial charge in [-0.15, -0.1) is 0 Å². The molecule has 3 aliphatic rings. The van der Waals surface area contributed by atoms with E-state index in [1.54, 1.807) is 0 Å². The molecule has 3 aliphatic carbocycles. The normalized spacial score (nSPS) is 32.4. The summed E-state index contributed by atoms with van der Waals surface area (Å²) in [6.07, 6.45) is 0.404. The number of quaternary nitrogens is 1. The second kappa shape index (κ2) is 3.96. The van der Waals surface area contributed by atoms with E-state index in [0.717, 1.165) is 22.3 Å². The summed E-state index contributed by atoms with van der Waals surface area (Å²) in [5, 5.41) is 11.8. The Balaban J connectivity index is 2.12. The van der Waals surface area contributed by atoms with Gasteiger partial charge in [-0.05, 0) is 22.3 Å². The highest BCUT2D eigenvalue weighted by atomic mass is 79.9. The number of benzene rings is 2. The average molecular weight is 344 g/mol. The second-order valence-corrected chi connectivity index (χ2v) is 7.38. The molecule has 3 nitrogen and oxygen atoms in total. The van der Waals surface area contributed by atoms with Crippen molar-refractivity contribution in [1.29, 1.82) is 0 Å². The smallest absolute Gasteiger partial charge is 0.148 e. The van der Waals surface area contributed by atoms with E-state index in [4.69, 9.17) is 0 Å². The van der Waals surface area contributed by atoms with Crippen molar-refractivity contribution in [2.45, 2.75) is 22.2 Å². The molecule has 1 atom stereocenters. The van der Waals surface area contributed by atoms with Crippen LogP contribution in [0.25, 0.3) is 0 Å². The maximum atomic E-state index is 11.8. The Morgan fingerprint density at radius 2 is 1.57 bits per heavy atom. The summed E-state index contributed by atoms with van der Waals surface area (Å²) in [4.78, 5) is 11.8. The summed E-state index contributed by atoms with van der Waals surface area (Å²) in [6.45, 7) is 0. The SMILES string of the molecule is [NH3+]C1(C(=O)[O-])CC2(Br)c3ccccc3C1c1ccccc12. The molecule has 0 saturated heterocycles. The predicted molar refractivity (Wildman–Crippen MR) is 79.7 cm³/mol. The van der Waals surface area contributed by atoms with Gasteiger partial charge in [0.05, 0.1) is 10.2 Å². The maximum absolute atomic E-state index is 11.8. The quantitative estimate of drug-likeness (QED) is 0.782. The molecule has 0 radical (unpaired) electrons. The van der Waals surface area contributed by atoms with E-state index in [-0.39, 0.29) is 5.92 Å². The number of fused-ring (bicyclic) bond motifs is 1. The van der Waals surface area contributed by atoms with Gasteiger partial charge in [0.15, 0.2) is 0 Å². The first kappa shape index (κ1) is 13.0. The Kier molecular flexibility index (Phi) is 2.46. The van der Waals surface area contributed by atoms with Gasteiger partial charge in [-0.25, -0.2) is 0 Å². The first-order chi connectivity index (χ1) is 9.98. The molecule has 21 heavy (non-hydrogen) atoms. The molecule has 2 bridgehead atoms. The molecule has 0 aromatic heterocycles. The van der Waals surface area contributed by atoms with Crippen LogP contribution in [0.4, 0.5) is 0 Å². The summed E-state index contributed by atoms with van der Waals surface area (Å²) in [5.41, 5.74) is 7.29. The highest BCUT2D eigenvalue weighted by Crippen LogP contribution is 2.61. The molecule has 5 rings (SSSR count). The molecular weight excluding hydrogens is 330 g/mol. The number of alkyl halides is 1. The zero-order chi connectivity index (χ0) is 14.8. The molecule has 0 saturated carbocycles. The number of carbonyl (C=O) groups excluding carboxylic acids is 1. The third-order valence-corrected chi connectivity index (χ3v) is 6.05. The molecule has 0 spiro atoms. The standard InChI is InChI=1S/C17H14BrNO2/c18-16-9-17(19,15(20)21)14(10-5-1-3-7-12(10)16)11-6-2-4-8-13(11)16/h1-8,14H,9,19H2,(H,20,21). The van der Waals surface area contributed by atoms with E-state index in [2.05, 4.69) is 33.8 Å². The molecule has 3 N–H and O–H groups in total. The van der Waals surface area contributed by atoms with Gasteiger partial charge in [-0.3, -0.25) is 0 Å². The van der Waals surface area contributed by atoms with Crippen LogP contribution in [0.15, 0.2) is 48.5 Å². The molecule has 1 unspecified atom stereocenters. The lowest BCUT2D eigenvalue weighted by Gasteiger charge is -2.53. The van der Waals surface area contributed by atoms with E-state index in [9.17, 15) is 9.90 Å². The van der Waals surface area contributed by atoms with Crippen LogP contribution in [0.1, 0.15) is 34.6 Å². The van der Waals surface area contributed by atoms with Crippen LogP contribution >= 0.6 is 15.9 Å². The van der Waals surface area contributed by atoms with Crippen LogP contribution < -0.4 is 10.8 Å². The van der Waals surface area contributed by atoms with Crippen LogP contribution in [0.2, 0.25) is 0 Å². The van der Waals surface area contributed by atoms with Crippen LogP contribution in [0.3, 0.4) is 0 Å². The molecule has 4 heteroatoms. The molecule has 0 amide bonds. The lowest BCUT2D eigenvalue weighted by atomic mass is 9.56. The summed E-state index contributed by atoms with van der Waals surface area (Å²) < 4.78 is -0.503. The van der Waals surface area contributed by atoms with Gasteiger partial charge in [0, 0.05) is 6.42 Å². The van der Waals surface area contributed by atoms with Crippen molar-refractivity contribution in [3.63, 3.8) is 0 Å². The number of hydrogen-bond donors (Lipinski definition) is 1. The van der Waals surface area contributed by atoms with Gasteiger partial charge in [0.1, 0.15) is 11.5 Å². The van der Waals surface area contributed by atoms with Crippen LogP contribution in [0, 0.1) is 0 Å². The number of carboxylic acids is 1. The first-order valence-electron chi connectivity index (χ1n) is 6.93. The van der Waals surface area contributed by atoms with Crippen molar-refractivity contribution < 1.29 is 15.6 Å². The van der Waals surface area contributed by atoms with Gasteiger partial charge in [0.2, 0.25) is 0 Å². The van der Waals surface area contributed by atoms with Crippen LogP contribution in [-0.2, 0) is 9.12 Å². The van der Waals surface area contributed by atoms with E-state index in [0.29, 0.717) is 6.42 Å². The van der Waals surface area contributed by atoms with Crippen LogP contribution in [-0.4, -0.2) is 11.5 Å². The zero-order valence-corrected chi connectivity index (χ0v) is 12.9. The Bertz CT molecular complexity index is 725. The molecule has 0 fully saturated rings. The third kappa shape index (κ3) is 1.44. The Morgan fingerprint density at radius 1 is 1.10 bits per heavy atom. The van der Waals surface area contributed by atoms with Crippen molar-refractivity contribution in [3.8, 4) is 0 Å². The summed E-state index contributed by atoms with van der Waals surface area (Å²) >= 11 is 3.84. The molecular formula is C17H14BrNO2. The number of rotatable bonds is 1. The lowest BCUT2D eigenvalue weighted by Crippen LogP contribution is -2.85. The second-order valence-electron chi connectivity index (χ2n) is 6.03. The number of carboxylic acid groups (broad SMARTS) is 1. The molecule has 106 valence electrons. The van der Waals surface area contributed by atoms with Gasteiger partial charge in [-0.2, -0.15) is 0 Å². The summed E-state index contributed by atoms with van der Waals surface area (Å²) in [5.74, 6) is -1.34. The number of aliphatic carboxylic acids is 1. The largest absolute Gasteiger partial charge is 0.544 e. The Labute approximate surface area is 130 Å². The van der Waals surface area contributed by atoms with Gasteiger partial charge in [0.25, 0.3) is 0 Å². The predicted octanol–water partition coefficient (Wildman–Crippen LogP) is 0.905. The van der Waals surface area contributed by atoms with Crippen molar-refractivity contribution in [3.05, 3.63) is 70.8 Å². The summed E-state index contributed by atoms with van der Waals surface area (Å²) in [6, 6.07) is 16.1. The minimum absolute atomic E-state index is 0.255. The van der Waals surface area contributed by atoms with E-state index < -0.39 is 15.8 Å². The molecule has 2 aromatic carbocycles. The maximum Gasteiger partial charge on any atom is 0.148 e. The van der Waals surface area contributed by atoms with Crippen molar-refractivity contribution in [1.82, 2.24) is 0 Å². The highest BCUT2D eigenvalue weighted by molar-refractivity contribution is 9.09. The number of hydrogen-bond acceptors (Lipinski definition) is 2. The average Bonchev–Trinajstić information content (AvgIpc) is 2.47. The molecule has 0 heterocycles. The Morgan fingerprint density at radius 3 is 2.05 bits per heavy atom. The molecule has 2 aromatic rings. The van der Waals surface area contributed by atoms with Crippen molar-refractivity contribution >= 4 is 21.9 Å². The minimum Gasteiger partial charge on any atom is -0.544 e. The van der Waals surface area contributed by atoms with E-state index in [1.807, 2.05) is 36.4 Å². The monoisotopic (exact) mass is 343 g/mol. The van der Waals surface area contributed by atoms with Crippen molar-refractivity contribution in [2.24, 2.45) is 0 Å². The van der Waals surface area contributed by atoms with E-state index >= 15 is 0 Å². The topological polar surface area (TPSA) is 67.8 Å². The minimum atomic E-state index is -1.15. The fraction of sp³-hybridized carbons (Fsp3) is 0.235. The van der Waals surface area contributed by atoms with Gasteiger partial charge < -0.3 is 15.6 Å². The van der Waals surface area contributed by atoms with Crippen LogP contribution in [0.5, 0.6) is 0 Å². The van der Waals surface area contributed by atoms with E-state index in [1.165, 1.54) is 0 Å². The highest BCUT2D eigenvalue weighted by Gasteiger charge is 2.60. The zero-order valence-electron chi connectivity index (χ0n) is 11.3. The summed E-state index contributed by atoms with van der Waals surface area (Å²) in [7, 11) is 0. The first-order valence-corrected chi connectivity index (χ1v) is 7.72. The van der Waals surface area contributed by atoms with Gasteiger partial charge in [-0.1, -0.05) is 64.5 Å². The lowest BCUT2D eigenvalue weighted by molar-refractivity contribution is -0.494. The molecule has 0 aliphatic heterocycles. The fourth-order valence-electron chi connectivity index (χ4n) is 4.04. The number of carbonyl (C=O) groups is 1. The van der Waals surface area contributed by atoms with Gasteiger partial charge >= 0.3 is 0 Å². The number of halogens is 1. The Hall–Kier alpha value is -1.65. The van der Waals surface area contributed by atoms with Crippen molar-refractivity contribution in [2.75, 3.05) is 0 Å². The third-order valence-electron chi connectivity index (χ3n) is 4.92. The fourth-order valence-corrected chi connectivity index (χ4v) is 5.27.